The van der Waals surface area contributed by atoms with Gasteiger partial charge in [0.25, 0.3) is 0 Å². The Bertz CT molecular complexity index is 2910. The summed E-state index contributed by atoms with van der Waals surface area (Å²) < 4.78 is 2.50. The predicted molar refractivity (Wildman–Crippen MR) is 217 cm³/mol. The van der Waals surface area contributed by atoms with Crippen LogP contribution in [0, 0.1) is 0 Å². The lowest BCUT2D eigenvalue weighted by molar-refractivity contribution is 1.23. The highest BCUT2D eigenvalue weighted by Gasteiger charge is 2.17. The molecule has 3 heteroatoms. The van der Waals surface area contributed by atoms with Gasteiger partial charge in [-0.3, -0.25) is 0 Å². The Morgan fingerprint density at radius 3 is 1.73 bits per heavy atom. The Balaban J connectivity index is 1.11. The number of rotatable bonds is 5. The van der Waals surface area contributed by atoms with E-state index < -0.39 is 0 Å². The van der Waals surface area contributed by atoms with Crippen LogP contribution in [0.25, 0.3) is 97.9 Å². The van der Waals surface area contributed by atoms with Crippen molar-refractivity contribution in [1.82, 2.24) is 9.97 Å². The van der Waals surface area contributed by atoms with Crippen LogP contribution in [0.4, 0.5) is 0 Å². The number of fused-ring (bicyclic) bond motifs is 6. The standard InChI is InChI=1S/C48H30N2S/c1-2-10-31(11-3-1)33-20-22-34(23-21-33)36-14-8-15-37(28-36)38-16-9-17-40(30-38)48-49-46(39-25-24-32-12-4-5-13-35(32)29-39)42-26-27-44-45(47(42)50-48)41-18-6-7-19-43(41)51-44/h1-30H. The minimum absolute atomic E-state index is 0.725. The third-order valence-electron chi connectivity index (χ3n) is 9.87. The van der Waals surface area contributed by atoms with Gasteiger partial charge in [-0.2, -0.15) is 0 Å². The summed E-state index contributed by atoms with van der Waals surface area (Å²) in [6.45, 7) is 0. The van der Waals surface area contributed by atoms with Crippen molar-refractivity contribution < 1.29 is 0 Å². The molecule has 0 unspecified atom stereocenters. The van der Waals surface area contributed by atoms with Crippen molar-refractivity contribution in [3.05, 3.63) is 182 Å². The topological polar surface area (TPSA) is 25.8 Å². The summed E-state index contributed by atoms with van der Waals surface area (Å²) in [6.07, 6.45) is 0. The highest BCUT2D eigenvalue weighted by molar-refractivity contribution is 7.26. The molecule has 0 radical (unpaired) electrons. The molecule has 0 atom stereocenters. The Hall–Kier alpha value is -6.42. The molecule has 0 spiro atoms. The van der Waals surface area contributed by atoms with E-state index in [1.807, 2.05) is 11.3 Å². The molecule has 0 aliphatic heterocycles. The molecule has 2 aromatic heterocycles. The molecule has 0 aliphatic carbocycles. The van der Waals surface area contributed by atoms with Crippen LogP contribution in [-0.2, 0) is 0 Å². The molecule has 0 bridgehead atoms. The molecule has 238 valence electrons. The van der Waals surface area contributed by atoms with Crippen LogP contribution in [0.3, 0.4) is 0 Å². The van der Waals surface area contributed by atoms with E-state index >= 15 is 0 Å². The van der Waals surface area contributed by atoms with Crippen molar-refractivity contribution in [3.63, 3.8) is 0 Å². The van der Waals surface area contributed by atoms with Crippen LogP contribution in [-0.4, -0.2) is 9.97 Å². The number of thiophene rings is 1. The van der Waals surface area contributed by atoms with Gasteiger partial charge < -0.3 is 0 Å². The van der Waals surface area contributed by atoms with Gasteiger partial charge in [0.1, 0.15) is 0 Å². The van der Waals surface area contributed by atoms with Crippen LogP contribution < -0.4 is 0 Å². The molecular weight excluding hydrogens is 637 g/mol. The van der Waals surface area contributed by atoms with Crippen molar-refractivity contribution in [2.24, 2.45) is 0 Å². The van der Waals surface area contributed by atoms with Crippen LogP contribution in [0.2, 0.25) is 0 Å². The smallest absolute Gasteiger partial charge is 0.160 e. The van der Waals surface area contributed by atoms with E-state index in [-0.39, 0.29) is 0 Å². The van der Waals surface area contributed by atoms with Crippen molar-refractivity contribution in [1.29, 1.82) is 0 Å². The fourth-order valence-corrected chi connectivity index (χ4v) is 8.40. The van der Waals surface area contributed by atoms with Crippen LogP contribution in [0.15, 0.2) is 182 Å². The summed E-state index contributed by atoms with van der Waals surface area (Å²) >= 11 is 1.82. The van der Waals surface area contributed by atoms with Gasteiger partial charge in [-0.05, 0) is 80.6 Å². The lowest BCUT2D eigenvalue weighted by Crippen LogP contribution is -1.96. The normalized spacial score (nSPS) is 11.5. The second kappa shape index (κ2) is 12.2. The summed E-state index contributed by atoms with van der Waals surface area (Å²) in [5.74, 6) is 0.725. The van der Waals surface area contributed by atoms with Crippen molar-refractivity contribution in [3.8, 4) is 56.0 Å². The van der Waals surface area contributed by atoms with Gasteiger partial charge >= 0.3 is 0 Å². The van der Waals surface area contributed by atoms with Crippen molar-refractivity contribution >= 4 is 53.2 Å². The highest BCUT2D eigenvalue weighted by atomic mass is 32.1. The zero-order chi connectivity index (χ0) is 33.7. The number of hydrogen-bond acceptors (Lipinski definition) is 3. The first-order chi connectivity index (χ1) is 25.2. The Morgan fingerprint density at radius 2 is 0.922 bits per heavy atom. The van der Waals surface area contributed by atoms with Crippen LogP contribution >= 0.6 is 11.3 Å². The molecule has 10 aromatic rings. The van der Waals surface area contributed by atoms with Gasteiger partial charge in [0.2, 0.25) is 0 Å². The molecule has 0 saturated heterocycles. The molecule has 0 fully saturated rings. The van der Waals surface area contributed by atoms with Gasteiger partial charge in [-0.15, -0.1) is 11.3 Å². The van der Waals surface area contributed by atoms with Gasteiger partial charge in [0.05, 0.1) is 11.2 Å². The van der Waals surface area contributed by atoms with E-state index in [2.05, 4.69) is 182 Å². The van der Waals surface area contributed by atoms with Gasteiger partial charge in [0, 0.05) is 36.7 Å². The monoisotopic (exact) mass is 666 g/mol. The Labute approximate surface area is 300 Å². The van der Waals surface area contributed by atoms with E-state index in [0.29, 0.717) is 0 Å². The second-order valence-electron chi connectivity index (χ2n) is 13.0. The molecule has 2 nitrogen and oxygen atoms in total. The highest BCUT2D eigenvalue weighted by Crippen LogP contribution is 2.41. The lowest BCUT2D eigenvalue weighted by Gasteiger charge is -2.12. The van der Waals surface area contributed by atoms with E-state index in [9.17, 15) is 0 Å². The summed E-state index contributed by atoms with van der Waals surface area (Å²) in [5.41, 5.74) is 11.1. The zero-order valence-corrected chi connectivity index (χ0v) is 28.4. The predicted octanol–water partition coefficient (Wildman–Crippen LogP) is 13.5. The number of nitrogens with zero attached hydrogens (tertiary/aromatic N) is 2. The molecule has 0 N–H and O–H groups in total. The summed E-state index contributed by atoms with van der Waals surface area (Å²) in [7, 11) is 0. The van der Waals surface area contributed by atoms with Crippen LogP contribution in [0.1, 0.15) is 0 Å². The molecule has 0 aliphatic rings. The summed E-state index contributed by atoms with van der Waals surface area (Å²) in [4.78, 5) is 10.7. The number of hydrogen-bond donors (Lipinski definition) is 0. The number of aromatic nitrogens is 2. The van der Waals surface area contributed by atoms with E-state index in [1.165, 1.54) is 53.2 Å². The first-order valence-corrected chi connectivity index (χ1v) is 18.0. The van der Waals surface area contributed by atoms with Gasteiger partial charge in [-0.1, -0.05) is 146 Å². The molecule has 8 aromatic carbocycles. The van der Waals surface area contributed by atoms with E-state index in [0.717, 1.165) is 44.7 Å². The average Bonchev–Trinajstić information content (AvgIpc) is 3.60. The quantitative estimate of drug-likeness (QED) is 0.183. The molecular formula is C48H30N2S. The largest absolute Gasteiger partial charge is 0.227 e. The maximum atomic E-state index is 5.37. The van der Waals surface area contributed by atoms with Gasteiger partial charge in [-0.25, -0.2) is 9.97 Å². The van der Waals surface area contributed by atoms with Crippen LogP contribution in [0.5, 0.6) is 0 Å². The first-order valence-electron chi connectivity index (χ1n) is 17.2. The minimum atomic E-state index is 0.725. The second-order valence-corrected chi connectivity index (χ2v) is 14.1. The summed E-state index contributed by atoms with van der Waals surface area (Å²) in [6, 6.07) is 65.0. The average molecular weight is 667 g/mol. The molecule has 0 amide bonds. The third kappa shape index (κ3) is 5.27. The fourth-order valence-electron chi connectivity index (χ4n) is 7.29. The maximum absolute atomic E-state index is 5.37. The minimum Gasteiger partial charge on any atom is -0.227 e. The number of benzene rings is 8. The lowest BCUT2D eigenvalue weighted by atomic mass is 9.96. The van der Waals surface area contributed by atoms with Crippen molar-refractivity contribution in [2.75, 3.05) is 0 Å². The SMILES string of the molecule is c1ccc(-c2ccc(-c3cccc(-c4cccc(-c5nc(-c6ccc7ccccc7c6)c6ccc7sc8ccccc8c7c6n5)c4)c3)cc2)cc1. The van der Waals surface area contributed by atoms with Gasteiger partial charge in [0.15, 0.2) is 5.82 Å². The van der Waals surface area contributed by atoms with E-state index in [4.69, 9.17) is 9.97 Å². The molecule has 10 rings (SSSR count). The maximum Gasteiger partial charge on any atom is 0.160 e. The zero-order valence-electron chi connectivity index (χ0n) is 27.6. The molecule has 51 heavy (non-hydrogen) atoms. The summed E-state index contributed by atoms with van der Waals surface area (Å²) in [5, 5.41) is 5.91. The Morgan fingerprint density at radius 1 is 0.333 bits per heavy atom. The Kier molecular flexibility index (Phi) is 7.04. The van der Waals surface area contributed by atoms with E-state index in [1.54, 1.807) is 0 Å². The third-order valence-corrected chi connectivity index (χ3v) is 11.0. The van der Waals surface area contributed by atoms with Crippen molar-refractivity contribution in [2.45, 2.75) is 0 Å². The first kappa shape index (κ1) is 29.5. The molecule has 0 saturated carbocycles. The molecule has 2 heterocycles. The fraction of sp³-hybridized carbons (Fsp3) is 0.